The fourth-order valence-corrected chi connectivity index (χ4v) is 2.53. The van der Waals surface area contributed by atoms with Gasteiger partial charge in [0.25, 0.3) is 5.91 Å². The number of hydrogen-bond donors (Lipinski definition) is 0. The van der Waals surface area contributed by atoms with Crippen LogP contribution in [0.15, 0.2) is 29.4 Å². The third kappa shape index (κ3) is 3.30. The maximum atomic E-state index is 12.5. The maximum absolute atomic E-state index is 12.5. The Labute approximate surface area is 128 Å². The Morgan fingerprint density at radius 2 is 2.27 bits per heavy atom. The predicted molar refractivity (Wildman–Crippen MR) is 77.0 cm³/mol. The normalized spacial score (nSPS) is 16.0. The summed E-state index contributed by atoms with van der Waals surface area (Å²) in [4.78, 5) is 22.3. The highest BCUT2D eigenvalue weighted by Crippen LogP contribution is 2.18. The van der Waals surface area contributed by atoms with Crippen LogP contribution in [0.2, 0.25) is 0 Å². The largest absolute Gasteiger partial charge is 0.370 e. The number of nitrogens with zero attached hydrogens (tertiary/aromatic N) is 4. The van der Waals surface area contributed by atoms with Gasteiger partial charge in [0, 0.05) is 25.5 Å². The number of aryl methyl sites for hydroxylation is 1. The Hall–Kier alpha value is -2.28. The molecule has 3 rings (SSSR count). The van der Waals surface area contributed by atoms with Gasteiger partial charge in [-0.25, -0.2) is 0 Å². The third-order valence-electron chi connectivity index (χ3n) is 3.85. The molecule has 0 radical (unpaired) electrons. The van der Waals surface area contributed by atoms with E-state index in [9.17, 15) is 4.79 Å². The molecule has 2 aromatic rings. The molecule has 2 aromatic heterocycles. The Kier molecular flexibility index (Phi) is 4.43. The first kappa shape index (κ1) is 14.6. The number of carbonyl (C=O) groups excluding carboxylic acids is 1. The van der Waals surface area contributed by atoms with E-state index in [-0.39, 0.29) is 12.0 Å². The first-order valence-corrected chi connectivity index (χ1v) is 7.31. The van der Waals surface area contributed by atoms with Gasteiger partial charge in [0.2, 0.25) is 6.39 Å². The summed E-state index contributed by atoms with van der Waals surface area (Å²) in [7, 11) is 0. The van der Waals surface area contributed by atoms with Crippen LogP contribution in [0.3, 0.4) is 0 Å². The summed E-state index contributed by atoms with van der Waals surface area (Å²) in [5.41, 5.74) is 1.63. The van der Waals surface area contributed by atoms with Crippen LogP contribution in [0.4, 0.5) is 0 Å². The first-order valence-electron chi connectivity index (χ1n) is 7.31. The van der Waals surface area contributed by atoms with Gasteiger partial charge < -0.3 is 14.2 Å². The van der Waals surface area contributed by atoms with E-state index in [4.69, 9.17) is 4.74 Å². The van der Waals surface area contributed by atoms with Crippen molar-refractivity contribution in [2.45, 2.75) is 32.5 Å². The molecule has 1 saturated heterocycles. The molecule has 116 valence electrons. The number of rotatable bonds is 4. The fourth-order valence-electron chi connectivity index (χ4n) is 2.53. The average molecular weight is 302 g/mol. The molecule has 3 heterocycles. The van der Waals surface area contributed by atoms with Gasteiger partial charge in [-0.2, -0.15) is 4.98 Å². The van der Waals surface area contributed by atoms with Crippen LogP contribution in [0.1, 0.15) is 34.6 Å². The van der Waals surface area contributed by atoms with E-state index in [0.29, 0.717) is 31.1 Å². The lowest BCUT2D eigenvalue weighted by Gasteiger charge is -2.32. The van der Waals surface area contributed by atoms with Gasteiger partial charge in [-0.15, -0.1) is 0 Å². The SMILES string of the molecule is Cc1ccncc1C(=O)N1CCC(OCc2ncon2)CC1. The summed E-state index contributed by atoms with van der Waals surface area (Å²) in [5.74, 6) is 0.590. The molecule has 0 N–H and O–H groups in total. The van der Waals surface area contributed by atoms with Crippen molar-refractivity contribution in [2.24, 2.45) is 0 Å². The number of piperidine rings is 1. The summed E-state index contributed by atoms with van der Waals surface area (Å²) >= 11 is 0. The van der Waals surface area contributed by atoms with Crippen LogP contribution in [0.25, 0.3) is 0 Å². The minimum Gasteiger partial charge on any atom is -0.370 e. The zero-order chi connectivity index (χ0) is 15.4. The van der Waals surface area contributed by atoms with Crippen LogP contribution in [0.5, 0.6) is 0 Å². The molecule has 0 saturated carbocycles. The van der Waals surface area contributed by atoms with E-state index in [2.05, 4.69) is 19.6 Å². The highest BCUT2D eigenvalue weighted by atomic mass is 16.5. The minimum absolute atomic E-state index is 0.0437. The number of carbonyl (C=O) groups is 1. The summed E-state index contributed by atoms with van der Waals surface area (Å²) < 4.78 is 10.4. The minimum atomic E-state index is 0.0437. The Bertz CT molecular complexity index is 621. The van der Waals surface area contributed by atoms with Crippen molar-refractivity contribution in [2.75, 3.05) is 13.1 Å². The molecule has 0 atom stereocenters. The summed E-state index contributed by atoms with van der Waals surface area (Å²) in [6, 6.07) is 1.86. The van der Waals surface area contributed by atoms with Crippen molar-refractivity contribution < 1.29 is 14.1 Å². The molecule has 1 fully saturated rings. The van der Waals surface area contributed by atoms with E-state index >= 15 is 0 Å². The number of aromatic nitrogens is 3. The molecule has 0 aliphatic carbocycles. The number of likely N-dealkylation sites (tertiary alicyclic amines) is 1. The van der Waals surface area contributed by atoms with E-state index in [1.807, 2.05) is 17.9 Å². The molecule has 1 aliphatic heterocycles. The van der Waals surface area contributed by atoms with Crippen molar-refractivity contribution in [1.29, 1.82) is 0 Å². The quantitative estimate of drug-likeness (QED) is 0.853. The van der Waals surface area contributed by atoms with E-state index in [0.717, 1.165) is 18.4 Å². The van der Waals surface area contributed by atoms with Crippen LogP contribution in [-0.2, 0) is 11.3 Å². The zero-order valence-electron chi connectivity index (χ0n) is 12.4. The molecule has 1 aliphatic rings. The topological polar surface area (TPSA) is 81.4 Å². The monoisotopic (exact) mass is 302 g/mol. The van der Waals surface area contributed by atoms with Crippen molar-refractivity contribution in [1.82, 2.24) is 20.0 Å². The van der Waals surface area contributed by atoms with Gasteiger partial charge in [-0.05, 0) is 31.4 Å². The smallest absolute Gasteiger partial charge is 0.255 e. The van der Waals surface area contributed by atoms with E-state index in [1.54, 1.807) is 12.4 Å². The number of hydrogen-bond acceptors (Lipinski definition) is 6. The fraction of sp³-hybridized carbons (Fsp3) is 0.467. The second kappa shape index (κ2) is 6.65. The molecular formula is C15H18N4O3. The first-order chi connectivity index (χ1) is 10.7. The second-order valence-electron chi connectivity index (χ2n) is 5.34. The molecule has 0 unspecified atom stereocenters. The Balaban J connectivity index is 1.51. The van der Waals surface area contributed by atoms with Crippen LogP contribution in [0, 0.1) is 6.92 Å². The Morgan fingerprint density at radius 1 is 1.45 bits per heavy atom. The standard InChI is InChI=1S/C15H18N4O3/c1-11-2-5-16-8-13(11)15(20)19-6-3-12(4-7-19)21-9-14-17-10-22-18-14/h2,5,8,10,12H,3-4,6-7,9H2,1H3. The van der Waals surface area contributed by atoms with E-state index in [1.165, 1.54) is 6.39 Å². The van der Waals surface area contributed by atoms with Crippen LogP contribution < -0.4 is 0 Å². The summed E-state index contributed by atoms with van der Waals surface area (Å²) in [5, 5.41) is 3.71. The van der Waals surface area contributed by atoms with E-state index < -0.39 is 0 Å². The Morgan fingerprint density at radius 3 is 2.95 bits per heavy atom. The van der Waals surface area contributed by atoms with Crippen molar-refractivity contribution in [3.8, 4) is 0 Å². The highest BCUT2D eigenvalue weighted by molar-refractivity contribution is 5.95. The van der Waals surface area contributed by atoms with Gasteiger partial charge >= 0.3 is 0 Å². The van der Waals surface area contributed by atoms with Crippen molar-refractivity contribution in [3.05, 3.63) is 41.8 Å². The van der Waals surface area contributed by atoms with Gasteiger partial charge in [0.15, 0.2) is 5.82 Å². The molecule has 1 amide bonds. The average Bonchev–Trinajstić information content (AvgIpc) is 3.07. The van der Waals surface area contributed by atoms with Crippen LogP contribution in [-0.4, -0.2) is 45.1 Å². The molecule has 7 nitrogen and oxygen atoms in total. The van der Waals surface area contributed by atoms with Crippen LogP contribution >= 0.6 is 0 Å². The van der Waals surface area contributed by atoms with Crippen molar-refractivity contribution in [3.63, 3.8) is 0 Å². The predicted octanol–water partition coefficient (Wildman–Crippen LogP) is 1.59. The molecule has 0 bridgehead atoms. The third-order valence-corrected chi connectivity index (χ3v) is 3.85. The highest BCUT2D eigenvalue weighted by Gasteiger charge is 2.25. The van der Waals surface area contributed by atoms with Gasteiger partial charge in [-0.1, -0.05) is 5.16 Å². The number of amides is 1. The van der Waals surface area contributed by atoms with Crippen molar-refractivity contribution >= 4 is 5.91 Å². The number of ether oxygens (including phenoxy) is 1. The van der Waals surface area contributed by atoms with Gasteiger partial charge in [0.05, 0.1) is 11.7 Å². The van der Waals surface area contributed by atoms with Gasteiger partial charge in [0.1, 0.15) is 6.61 Å². The summed E-state index contributed by atoms with van der Waals surface area (Å²) in [6.07, 6.45) is 6.36. The lowest BCUT2D eigenvalue weighted by Crippen LogP contribution is -2.41. The molecule has 0 spiro atoms. The lowest BCUT2D eigenvalue weighted by molar-refractivity contribution is -0.00352. The second-order valence-corrected chi connectivity index (χ2v) is 5.34. The maximum Gasteiger partial charge on any atom is 0.255 e. The molecular weight excluding hydrogens is 284 g/mol. The molecule has 7 heteroatoms. The molecule has 22 heavy (non-hydrogen) atoms. The number of pyridine rings is 1. The zero-order valence-corrected chi connectivity index (χ0v) is 12.4. The lowest BCUT2D eigenvalue weighted by atomic mass is 10.1. The summed E-state index contributed by atoms with van der Waals surface area (Å²) in [6.45, 7) is 3.64. The molecule has 0 aromatic carbocycles. The van der Waals surface area contributed by atoms with Gasteiger partial charge in [-0.3, -0.25) is 9.78 Å².